The van der Waals surface area contributed by atoms with E-state index >= 15 is 0 Å². The number of nitrogens with zero attached hydrogens (tertiary/aromatic N) is 3. The summed E-state index contributed by atoms with van der Waals surface area (Å²) in [5, 5.41) is 5.30. The maximum atomic E-state index is 13.0. The van der Waals surface area contributed by atoms with E-state index in [1.807, 2.05) is 24.3 Å². The highest BCUT2D eigenvalue weighted by atomic mass is 16.3. The first kappa shape index (κ1) is 15.9. The molecule has 5 heteroatoms. The van der Waals surface area contributed by atoms with Gasteiger partial charge in [-0.05, 0) is 37.8 Å². The maximum absolute atomic E-state index is 13.0. The van der Waals surface area contributed by atoms with Crippen LogP contribution in [0, 0.1) is 13.8 Å². The second-order valence-electron chi connectivity index (χ2n) is 7.01. The molecule has 1 aliphatic heterocycles. The van der Waals surface area contributed by atoms with Crippen molar-refractivity contribution < 1.29 is 9.21 Å². The average Bonchev–Trinajstić information content (AvgIpc) is 3.30. The summed E-state index contributed by atoms with van der Waals surface area (Å²) in [6, 6.07) is 4.30. The quantitative estimate of drug-likeness (QED) is 0.732. The van der Waals surface area contributed by atoms with Crippen LogP contribution in [0.15, 0.2) is 35.2 Å². The number of amides is 1. The van der Waals surface area contributed by atoms with Crippen molar-refractivity contribution >= 4 is 16.9 Å². The van der Waals surface area contributed by atoms with Crippen molar-refractivity contribution in [2.24, 2.45) is 7.05 Å². The zero-order valence-corrected chi connectivity index (χ0v) is 15.0. The number of furan rings is 1. The van der Waals surface area contributed by atoms with Gasteiger partial charge in [0.2, 0.25) is 5.91 Å². The van der Waals surface area contributed by atoms with Gasteiger partial charge in [0.25, 0.3) is 0 Å². The molecule has 2 aromatic heterocycles. The minimum Gasteiger partial charge on any atom is -0.464 e. The predicted molar refractivity (Wildman–Crippen MR) is 96.3 cm³/mol. The second kappa shape index (κ2) is 6.06. The van der Waals surface area contributed by atoms with Crippen LogP contribution in [0.5, 0.6) is 0 Å². The number of carbonyl (C=O) groups excluding carboxylic acids is 1. The van der Waals surface area contributed by atoms with Gasteiger partial charge in [-0.15, -0.1) is 0 Å². The fourth-order valence-corrected chi connectivity index (χ4v) is 3.81. The smallest absolute Gasteiger partial charge is 0.227 e. The Balaban J connectivity index is 1.58. The van der Waals surface area contributed by atoms with Gasteiger partial charge in [-0.1, -0.05) is 12.1 Å². The van der Waals surface area contributed by atoms with E-state index in [1.54, 1.807) is 10.9 Å². The summed E-state index contributed by atoms with van der Waals surface area (Å²) in [6.45, 7) is 4.95. The molecule has 1 atom stereocenters. The van der Waals surface area contributed by atoms with E-state index in [2.05, 4.69) is 31.1 Å². The summed E-state index contributed by atoms with van der Waals surface area (Å²) in [4.78, 5) is 15.0. The number of rotatable bonds is 3. The van der Waals surface area contributed by atoms with Gasteiger partial charge in [0.05, 0.1) is 24.9 Å². The average molecular weight is 337 g/mol. The summed E-state index contributed by atoms with van der Waals surface area (Å²) >= 11 is 0. The number of aromatic nitrogens is 2. The highest BCUT2D eigenvalue weighted by Crippen LogP contribution is 2.33. The normalized spacial score (nSPS) is 17.6. The molecule has 0 aliphatic carbocycles. The lowest BCUT2D eigenvalue weighted by Crippen LogP contribution is -2.31. The largest absolute Gasteiger partial charge is 0.464 e. The van der Waals surface area contributed by atoms with Crippen LogP contribution in [0.3, 0.4) is 0 Å². The van der Waals surface area contributed by atoms with Gasteiger partial charge in [0.15, 0.2) is 0 Å². The number of hydrogen-bond donors (Lipinski definition) is 0. The molecule has 1 fully saturated rings. The van der Waals surface area contributed by atoms with E-state index in [-0.39, 0.29) is 11.9 Å². The first-order chi connectivity index (χ1) is 12.0. The summed E-state index contributed by atoms with van der Waals surface area (Å²) in [7, 11) is 1.91. The molecular formula is C20H23N3O2. The third-order valence-electron chi connectivity index (χ3n) is 5.37. The Bertz CT molecular complexity index is 938. The lowest BCUT2D eigenvalue weighted by atomic mass is 10.0. The molecule has 1 aromatic carbocycles. The van der Waals surface area contributed by atoms with Crippen molar-refractivity contribution in [2.45, 2.75) is 39.2 Å². The van der Waals surface area contributed by atoms with Crippen LogP contribution < -0.4 is 0 Å². The minimum absolute atomic E-state index is 0.142. The number of fused-ring (bicyclic) bond motifs is 1. The van der Waals surface area contributed by atoms with Crippen molar-refractivity contribution in [3.8, 4) is 0 Å². The van der Waals surface area contributed by atoms with Crippen LogP contribution >= 0.6 is 0 Å². The van der Waals surface area contributed by atoms with Crippen LogP contribution in [0.2, 0.25) is 0 Å². The molecule has 4 rings (SSSR count). The van der Waals surface area contributed by atoms with Gasteiger partial charge in [0, 0.05) is 36.3 Å². The Hall–Kier alpha value is -2.56. The van der Waals surface area contributed by atoms with E-state index in [1.165, 1.54) is 5.56 Å². The molecule has 0 saturated carbocycles. The molecule has 3 heterocycles. The molecule has 5 nitrogen and oxygen atoms in total. The number of hydrogen-bond acceptors (Lipinski definition) is 3. The first-order valence-electron chi connectivity index (χ1n) is 8.79. The fourth-order valence-electron chi connectivity index (χ4n) is 3.81. The predicted octanol–water partition coefficient (Wildman–Crippen LogP) is 3.69. The Morgan fingerprint density at radius 3 is 2.96 bits per heavy atom. The Morgan fingerprint density at radius 2 is 2.20 bits per heavy atom. The van der Waals surface area contributed by atoms with E-state index in [4.69, 9.17) is 4.42 Å². The molecular weight excluding hydrogens is 314 g/mol. The van der Waals surface area contributed by atoms with E-state index in [9.17, 15) is 4.79 Å². The Morgan fingerprint density at radius 1 is 1.36 bits per heavy atom. The van der Waals surface area contributed by atoms with Gasteiger partial charge >= 0.3 is 0 Å². The Kier molecular flexibility index (Phi) is 3.86. The van der Waals surface area contributed by atoms with Crippen molar-refractivity contribution in [1.29, 1.82) is 0 Å². The number of likely N-dealkylation sites (tertiary alicyclic amines) is 1. The van der Waals surface area contributed by atoms with Crippen molar-refractivity contribution in [3.05, 3.63) is 53.0 Å². The van der Waals surface area contributed by atoms with Crippen LogP contribution in [-0.4, -0.2) is 27.1 Å². The van der Waals surface area contributed by atoms with Gasteiger partial charge in [-0.3, -0.25) is 9.48 Å². The SMILES string of the molecule is Cc1ccc2c(CC(=O)N3CCC[C@H]3c3cnn(C)c3)coc2c1C. The topological polar surface area (TPSA) is 51.3 Å². The molecule has 130 valence electrons. The summed E-state index contributed by atoms with van der Waals surface area (Å²) in [5.41, 5.74) is 5.34. The van der Waals surface area contributed by atoms with Gasteiger partial charge in [-0.2, -0.15) is 5.10 Å². The molecule has 0 spiro atoms. The zero-order chi connectivity index (χ0) is 17.6. The molecule has 0 unspecified atom stereocenters. The standard InChI is InChI=1S/C20H23N3O2/c1-13-6-7-17-15(12-25-20(17)14(13)2)9-19(24)23-8-4-5-18(23)16-10-21-22(3)11-16/h6-7,10-12,18H,4-5,8-9H2,1-3H3/t18-/m0/s1. The molecule has 0 bridgehead atoms. The van der Waals surface area contributed by atoms with E-state index < -0.39 is 0 Å². The van der Waals surface area contributed by atoms with Crippen molar-refractivity contribution in [2.75, 3.05) is 6.54 Å². The summed E-state index contributed by atoms with van der Waals surface area (Å²) in [5.74, 6) is 0.160. The molecule has 1 saturated heterocycles. The molecule has 1 aliphatic rings. The third kappa shape index (κ3) is 2.73. The minimum atomic E-state index is 0.142. The molecule has 25 heavy (non-hydrogen) atoms. The first-order valence-corrected chi connectivity index (χ1v) is 8.79. The van der Waals surface area contributed by atoms with Crippen LogP contribution in [0.4, 0.5) is 0 Å². The summed E-state index contributed by atoms with van der Waals surface area (Å²) < 4.78 is 7.55. The second-order valence-corrected chi connectivity index (χ2v) is 7.01. The van der Waals surface area contributed by atoms with Gasteiger partial charge in [-0.25, -0.2) is 0 Å². The highest BCUT2D eigenvalue weighted by molar-refractivity contribution is 5.89. The summed E-state index contributed by atoms with van der Waals surface area (Å²) in [6.07, 6.45) is 8.04. The molecule has 0 radical (unpaired) electrons. The third-order valence-corrected chi connectivity index (χ3v) is 5.37. The Labute approximate surface area is 147 Å². The van der Waals surface area contributed by atoms with Crippen LogP contribution in [0.1, 0.15) is 41.1 Å². The van der Waals surface area contributed by atoms with E-state index in [0.717, 1.165) is 47.0 Å². The molecule has 3 aromatic rings. The number of aryl methyl sites for hydroxylation is 3. The van der Waals surface area contributed by atoms with Gasteiger partial charge < -0.3 is 9.32 Å². The van der Waals surface area contributed by atoms with Crippen molar-refractivity contribution in [3.63, 3.8) is 0 Å². The lowest BCUT2D eigenvalue weighted by Gasteiger charge is -2.23. The van der Waals surface area contributed by atoms with Crippen LogP contribution in [0.25, 0.3) is 11.0 Å². The maximum Gasteiger partial charge on any atom is 0.227 e. The molecule has 1 amide bonds. The lowest BCUT2D eigenvalue weighted by molar-refractivity contribution is -0.131. The van der Waals surface area contributed by atoms with Crippen LogP contribution in [-0.2, 0) is 18.3 Å². The highest BCUT2D eigenvalue weighted by Gasteiger charge is 2.31. The number of carbonyl (C=O) groups is 1. The van der Waals surface area contributed by atoms with E-state index in [0.29, 0.717) is 6.42 Å². The number of benzene rings is 1. The molecule has 0 N–H and O–H groups in total. The van der Waals surface area contributed by atoms with Crippen molar-refractivity contribution in [1.82, 2.24) is 14.7 Å². The van der Waals surface area contributed by atoms with Gasteiger partial charge in [0.1, 0.15) is 5.58 Å². The monoisotopic (exact) mass is 337 g/mol. The fraction of sp³-hybridized carbons (Fsp3) is 0.400. The zero-order valence-electron chi connectivity index (χ0n) is 15.0.